The molecule has 1 aromatic heterocycles. The van der Waals surface area contributed by atoms with Gasteiger partial charge in [-0.3, -0.25) is 9.88 Å². The van der Waals surface area contributed by atoms with Crippen LogP contribution in [0.4, 0.5) is 0 Å². The number of hydrogen-bond acceptors (Lipinski definition) is 5. The van der Waals surface area contributed by atoms with Crippen LogP contribution in [-0.4, -0.2) is 53.4 Å². The van der Waals surface area contributed by atoms with Gasteiger partial charge in [0.15, 0.2) is 0 Å². The molecule has 19 heavy (non-hydrogen) atoms. The number of aliphatic hydroxyl groups is 1. The van der Waals surface area contributed by atoms with E-state index in [0.717, 1.165) is 18.5 Å². The number of nitrogens with zero attached hydrogens (tertiary/aromatic N) is 2. The van der Waals surface area contributed by atoms with Gasteiger partial charge >= 0.3 is 0 Å². The first-order valence-electron chi connectivity index (χ1n) is 6.87. The smallest absolute Gasteiger partial charge is 0.0645 e. The minimum Gasteiger partial charge on any atom is -0.395 e. The van der Waals surface area contributed by atoms with Crippen LogP contribution in [0.5, 0.6) is 0 Å². The van der Waals surface area contributed by atoms with Gasteiger partial charge < -0.3 is 15.6 Å². The van der Waals surface area contributed by atoms with Crippen molar-refractivity contribution in [1.29, 1.82) is 0 Å². The van der Waals surface area contributed by atoms with E-state index in [2.05, 4.69) is 22.9 Å². The second-order valence-corrected chi connectivity index (χ2v) is 4.95. The molecule has 1 aliphatic rings. The molecule has 0 radical (unpaired) electrons. The van der Waals surface area contributed by atoms with Crippen molar-refractivity contribution in [3.05, 3.63) is 30.1 Å². The zero-order chi connectivity index (χ0) is 13.7. The predicted molar refractivity (Wildman–Crippen MR) is 73.6 cm³/mol. The largest absolute Gasteiger partial charge is 0.395 e. The number of morpholine rings is 1. The molecule has 0 amide bonds. The topological polar surface area (TPSA) is 71.6 Å². The molecule has 1 saturated heterocycles. The van der Waals surface area contributed by atoms with Crippen LogP contribution in [0.25, 0.3) is 0 Å². The Morgan fingerprint density at radius 1 is 1.63 bits per heavy atom. The van der Waals surface area contributed by atoms with Crippen molar-refractivity contribution in [3.8, 4) is 0 Å². The molecule has 3 atom stereocenters. The molecule has 5 nitrogen and oxygen atoms in total. The van der Waals surface area contributed by atoms with Crippen LogP contribution in [0.3, 0.4) is 0 Å². The molecule has 3 N–H and O–H groups in total. The summed E-state index contributed by atoms with van der Waals surface area (Å²) >= 11 is 0. The van der Waals surface area contributed by atoms with Crippen molar-refractivity contribution in [2.45, 2.75) is 31.5 Å². The van der Waals surface area contributed by atoms with Crippen molar-refractivity contribution in [3.63, 3.8) is 0 Å². The number of aromatic nitrogens is 1. The number of pyridine rings is 1. The minimum absolute atomic E-state index is 0.0107. The van der Waals surface area contributed by atoms with Crippen molar-refractivity contribution in [2.24, 2.45) is 5.73 Å². The van der Waals surface area contributed by atoms with Gasteiger partial charge in [0.05, 0.1) is 31.9 Å². The fourth-order valence-corrected chi connectivity index (χ4v) is 2.65. The van der Waals surface area contributed by atoms with E-state index < -0.39 is 0 Å². The third-order valence-electron chi connectivity index (χ3n) is 3.74. The molecule has 5 heteroatoms. The summed E-state index contributed by atoms with van der Waals surface area (Å²) in [7, 11) is 0. The fraction of sp³-hybridized carbons (Fsp3) is 0.643. The monoisotopic (exact) mass is 265 g/mol. The van der Waals surface area contributed by atoms with E-state index in [-0.39, 0.29) is 24.7 Å². The minimum atomic E-state index is 0.0107. The SMILES string of the molecule is CCC(N)C(c1cccnc1)N1CCOCC1CO. The number of rotatable bonds is 5. The van der Waals surface area contributed by atoms with Crippen molar-refractivity contribution < 1.29 is 9.84 Å². The highest BCUT2D eigenvalue weighted by molar-refractivity contribution is 5.17. The maximum Gasteiger partial charge on any atom is 0.0645 e. The van der Waals surface area contributed by atoms with Crippen LogP contribution >= 0.6 is 0 Å². The molecule has 0 spiro atoms. The van der Waals surface area contributed by atoms with E-state index in [4.69, 9.17) is 10.5 Å². The first-order chi connectivity index (χ1) is 9.27. The van der Waals surface area contributed by atoms with Gasteiger partial charge in [-0.15, -0.1) is 0 Å². The average Bonchev–Trinajstić information content (AvgIpc) is 2.49. The van der Waals surface area contributed by atoms with E-state index in [0.29, 0.717) is 13.2 Å². The van der Waals surface area contributed by atoms with E-state index in [1.54, 1.807) is 6.20 Å². The maximum atomic E-state index is 9.53. The molecule has 2 heterocycles. The Balaban J connectivity index is 2.26. The van der Waals surface area contributed by atoms with Gasteiger partial charge in [-0.05, 0) is 18.1 Å². The first kappa shape index (κ1) is 14.4. The molecule has 0 aliphatic carbocycles. The molecular weight excluding hydrogens is 242 g/mol. The third kappa shape index (κ3) is 3.30. The van der Waals surface area contributed by atoms with Crippen LogP contribution < -0.4 is 5.73 Å². The lowest BCUT2D eigenvalue weighted by atomic mass is 9.95. The van der Waals surface area contributed by atoms with Crippen LogP contribution in [0, 0.1) is 0 Å². The molecule has 1 aliphatic heterocycles. The van der Waals surface area contributed by atoms with Gasteiger partial charge in [-0.1, -0.05) is 13.0 Å². The molecule has 1 fully saturated rings. The molecule has 2 rings (SSSR count). The molecule has 0 bridgehead atoms. The zero-order valence-electron chi connectivity index (χ0n) is 11.4. The second kappa shape index (κ2) is 6.96. The molecule has 0 aromatic carbocycles. The summed E-state index contributed by atoms with van der Waals surface area (Å²) in [5, 5.41) is 9.53. The van der Waals surface area contributed by atoms with Gasteiger partial charge in [-0.25, -0.2) is 0 Å². The second-order valence-electron chi connectivity index (χ2n) is 4.95. The number of nitrogens with two attached hydrogens (primary N) is 1. The summed E-state index contributed by atoms with van der Waals surface area (Å²) in [5.41, 5.74) is 7.41. The fourth-order valence-electron chi connectivity index (χ4n) is 2.65. The lowest BCUT2D eigenvalue weighted by molar-refractivity contribution is -0.0528. The Morgan fingerprint density at radius 3 is 3.11 bits per heavy atom. The predicted octanol–water partition coefficient (Wildman–Crippen LogP) is 0.553. The average molecular weight is 265 g/mol. The van der Waals surface area contributed by atoms with E-state index in [9.17, 15) is 5.11 Å². The van der Waals surface area contributed by atoms with Crippen molar-refractivity contribution >= 4 is 0 Å². The Kier molecular flexibility index (Phi) is 5.27. The van der Waals surface area contributed by atoms with E-state index in [1.165, 1.54) is 0 Å². The highest BCUT2D eigenvalue weighted by atomic mass is 16.5. The van der Waals surface area contributed by atoms with Crippen molar-refractivity contribution in [1.82, 2.24) is 9.88 Å². The number of ether oxygens (including phenoxy) is 1. The molecule has 0 saturated carbocycles. The van der Waals surface area contributed by atoms with Gasteiger partial charge in [-0.2, -0.15) is 0 Å². The van der Waals surface area contributed by atoms with Gasteiger partial charge in [0.25, 0.3) is 0 Å². The summed E-state index contributed by atoms with van der Waals surface area (Å²) in [6.45, 7) is 4.21. The van der Waals surface area contributed by atoms with Gasteiger partial charge in [0.1, 0.15) is 0 Å². The molecule has 3 unspecified atom stereocenters. The lowest BCUT2D eigenvalue weighted by Crippen LogP contribution is -2.53. The molecule has 1 aromatic rings. The lowest BCUT2D eigenvalue weighted by Gasteiger charge is -2.42. The maximum absolute atomic E-state index is 9.53. The Labute approximate surface area is 114 Å². The summed E-state index contributed by atoms with van der Waals surface area (Å²) in [5.74, 6) is 0. The van der Waals surface area contributed by atoms with Crippen LogP contribution in [0.15, 0.2) is 24.5 Å². The van der Waals surface area contributed by atoms with Crippen molar-refractivity contribution in [2.75, 3.05) is 26.4 Å². The highest BCUT2D eigenvalue weighted by Crippen LogP contribution is 2.27. The Bertz CT molecular complexity index is 374. The highest BCUT2D eigenvalue weighted by Gasteiger charge is 2.33. The quantitative estimate of drug-likeness (QED) is 0.813. The first-order valence-corrected chi connectivity index (χ1v) is 6.87. The van der Waals surface area contributed by atoms with Crippen LogP contribution in [0.1, 0.15) is 24.9 Å². The Hall–Kier alpha value is -1.01. The van der Waals surface area contributed by atoms with Crippen LogP contribution in [0.2, 0.25) is 0 Å². The third-order valence-corrected chi connectivity index (χ3v) is 3.74. The molecule has 106 valence electrons. The number of hydrogen-bond donors (Lipinski definition) is 2. The zero-order valence-corrected chi connectivity index (χ0v) is 11.4. The van der Waals surface area contributed by atoms with E-state index >= 15 is 0 Å². The van der Waals surface area contributed by atoms with Crippen LogP contribution in [-0.2, 0) is 4.74 Å². The summed E-state index contributed by atoms with van der Waals surface area (Å²) in [6.07, 6.45) is 4.51. The normalized spacial score (nSPS) is 24.1. The van der Waals surface area contributed by atoms with Gasteiger partial charge in [0, 0.05) is 25.0 Å². The summed E-state index contributed by atoms with van der Waals surface area (Å²) in [4.78, 5) is 6.45. The standard InChI is InChI=1S/C14H23N3O2/c1-2-13(15)14(11-4-3-5-16-8-11)17-6-7-19-10-12(17)9-18/h3-5,8,12-14,18H,2,6-7,9-10,15H2,1H3. The summed E-state index contributed by atoms with van der Waals surface area (Å²) in [6, 6.07) is 4.10. The number of aliphatic hydroxyl groups excluding tert-OH is 1. The van der Waals surface area contributed by atoms with Gasteiger partial charge in [0.2, 0.25) is 0 Å². The van der Waals surface area contributed by atoms with E-state index in [1.807, 2.05) is 12.3 Å². The summed E-state index contributed by atoms with van der Waals surface area (Å²) < 4.78 is 5.44. The molecular formula is C14H23N3O2. The Morgan fingerprint density at radius 2 is 2.47 bits per heavy atom.